The molecule has 0 radical (unpaired) electrons. The minimum atomic E-state index is -1.18. The second kappa shape index (κ2) is 6.98. The van der Waals surface area contributed by atoms with Gasteiger partial charge in [-0.15, -0.1) is 6.42 Å². The quantitative estimate of drug-likeness (QED) is 0.490. The summed E-state index contributed by atoms with van der Waals surface area (Å²) in [4.78, 5) is 0. The summed E-state index contributed by atoms with van der Waals surface area (Å²) >= 11 is 0. The molecular weight excluding hydrogens is 416 g/mol. The van der Waals surface area contributed by atoms with Gasteiger partial charge >= 0.3 is 0 Å². The maximum Gasteiger partial charge on any atom is 0.172 e. The zero-order valence-electron chi connectivity index (χ0n) is 20.0. The van der Waals surface area contributed by atoms with E-state index in [-0.39, 0.29) is 29.1 Å². The second-order valence-corrected chi connectivity index (χ2v) is 11.8. The summed E-state index contributed by atoms with van der Waals surface area (Å²) in [7, 11) is 0. The molecule has 5 aliphatic rings. The summed E-state index contributed by atoms with van der Waals surface area (Å²) in [5.74, 6) is 4.51. The first kappa shape index (κ1) is 21.9. The first-order valence-corrected chi connectivity index (χ1v) is 12.6. The van der Waals surface area contributed by atoms with Crippen LogP contribution in [0.4, 0.5) is 0 Å². The van der Waals surface area contributed by atoms with E-state index in [4.69, 9.17) is 20.3 Å². The van der Waals surface area contributed by atoms with E-state index in [0.717, 1.165) is 37.2 Å². The van der Waals surface area contributed by atoms with Gasteiger partial charge in [-0.05, 0) is 67.9 Å². The molecule has 1 aliphatic heterocycles. The number of allylic oxidation sites excluding steroid dienone is 1. The molecule has 0 amide bonds. The Morgan fingerprint density at radius 2 is 1.88 bits per heavy atom. The van der Waals surface area contributed by atoms with Gasteiger partial charge in [-0.2, -0.15) is 0 Å². The third-order valence-electron chi connectivity index (χ3n) is 10.4. The predicted molar refractivity (Wildman–Crippen MR) is 123 cm³/mol. The van der Waals surface area contributed by atoms with Crippen molar-refractivity contribution in [3.05, 3.63) is 35.3 Å². The van der Waals surface area contributed by atoms with Crippen LogP contribution in [0, 0.1) is 47.9 Å². The van der Waals surface area contributed by atoms with Crippen molar-refractivity contribution in [1.82, 2.24) is 0 Å². The molecule has 0 aromatic carbocycles. The van der Waals surface area contributed by atoms with Gasteiger partial charge < -0.3 is 24.1 Å². The highest BCUT2D eigenvalue weighted by Crippen LogP contribution is 2.70. The fraction of sp³-hybridized carbons (Fsp3) is 0.714. The van der Waals surface area contributed by atoms with Gasteiger partial charge in [-0.3, -0.25) is 0 Å². The molecule has 1 saturated heterocycles. The molecule has 33 heavy (non-hydrogen) atoms. The Morgan fingerprint density at radius 3 is 2.55 bits per heavy atom. The summed E-state index contributed by atoms with van der Waals surface area (Å²) in [6, 6.07) is 4.10. The SMILES string of the molecule is C#CC1(O)CC[C@H]2[C@H]3C([C@H](O)C[C@@]21C)[C@@]1(C)CCC2(CC1=C[C@H]3c1ccc(C)o1)OCCO2. The van der Waals surface area contributed by atoms with Crippen molar-refractivity contribution >= 4 is 0 Å². The summed E-state index contributed by atoms with van der Waals surface area (Å²) < 4.78 is 18.4. The molecule has 3 saturated carbocycles. The third-order valence-corrected chi connectivity index (χ3v) is 10.4. The van der Waals surface area contributed by atoms with Gasteiger partial charge in [0.05, 0.1) is 19.3 Å². The van der Waals surface area contributed by atoms with Gasteiger partial charge in [0, 0.05) is 24.2 Å². The fourth-order valence-electron chi connectivity index (χ4n) is 8.64. The number of ether oxygens (including phenoxy) is 2. The van der Waals surface area contributed by atoms with Crippen LogP contribution >= 0.6 is 0 Å². The number of terminal acetylenes is 1. The molecule has 1 aromatic rings. The van der Waals surface area contributed by atoms with Crippen molar-refractivity contribution in [2.75, 3.05) is 13.2 Å². The summed E-state index contributed by atoms with van der Waals surface area (Å²) in [5, 5.41) is 23.2. The van der Waals surface area contributed by atoms with E-state index in [1.54, 1.807) is 0 Å². The first-order valence-electron chi connectivity index (χ1n) is 12.6. The average Bonchev–Trinajstić information content (AvgIpc) is 3.47. The zero-order valence-corrected chi connectivity index (χ0v) is 20.0. The lowest BCUT2D eigenvalue weighted by atomic mass is 9.44. The van der Waals surface area contributed by atoms with Crippen LogP contribution < -0.4 is 0 Å². The number of furan rings is 1. The number of hydrogen-bond acceptors (Lipinski definition) is 5. The van der Waals surface area contributed by atoms with E-state index in [0.29, 0.717) is 26.1 Å². The second-order valence-electron chi connectivity index (χ2n) is 11.8. The molecule has 2 N–H and O–H groups in total. The standard InChI is InChI=1S/C28H36O5/c1-5-27(30)9-8-20-23-19(22-7-6-17(2)33-22)14-18-15-28(31-12-13-32-28)11-10-25(18,3)24(23)21(29)16-26(20,27)4/h1,6-7,14,19-21,23-24,29-30H,8-13,15-16H2,2-4H3/t19-,20-,21+,23-,24?,25-,26-,27?/m0/s1. The normalized spacial score (nSPS) is 48.0. The molecule has 1 aromatic heterocycles. The minimum Gasteiger partial charge on any atom is -0.466 e. The minimum absolute atomic E-state index is 0.0303. The number of aryl methyl sites for hydroxylation is 1. The lowest BCUT2D eigenvalue weighted by Crippen LogP contribution is -2.61. The highest BCUT2D eigenvalue weighted by molar-refractivity contribution is 5.36. The van der Waals surface area contributed by atoms with Gasteiger partial charge in [0.2, 0.25) is 0 Å². The molecule has 4 fully saturated rings. The van der Waals surface area contributed by atoms with Gasteiger partial charge in [0.1, 0.15) is 17.1 Å². The molecule has 5 nitrogen and oxygen atoms in total. The topological polar surface area (TPSA) is 72.1 Å². The number of rotatable bonds is 1. The van der Waals surface area contributed by atoms with E-state index >= 15 is 0 Å². The van der Waals surface area contributed by atoms with Crippen molar-refractivity contribution in [2.24, 2.45) is 28.6 Å². The molecule has 1 spiro atoms. The van der Waals surface area contributed by atoms with Crippen LogP contribution in [-0.2, 0) is 9.47 Å². The molecular formula is C28H36O5. The Kier molecular flexibility index (Phi) is 4.64. The Bertz CT molecular complexity index is 1030. The van der Waals surface area contributed by atoms with E-state index in [2.05, 4.69) is 31.9 Å². The highest BCUT2D eigenvalue weighted by atomic mass is 16.7. The Balaban J connectivity index is 1.50. The summed E-state index contributed by atoms with van der Waals surface area (Å²) in [6.45, 7) is 7.70. The number of aliphatic hydroxyl groups excluding tert-OH is 1. The third kappa shape index (κ3) is 2.82. The average molecular weight is 453 g/mol. The van der Waals surface area contributed by atoms with Crippen LogP contribution in [0.1, 0.15) is 69.8 Å². The van der Waals surface area contributed by atoms with E-state index < -0.39 is 22.9 Å². The van der Waals surface area contributed by atoms with Crippen molar-refractivity contribution in [2.45, 2.75) is 82.7 Å². The molecule has 2 heterocycles. The van der Waals surface area contributed by atoms with Crippen molar-refractivity contribution in [1.29, 1.82) is 0 Å². The Hall–Kier alpha value is -1.58. The molecule has 0 bridgehead atoms. The lowest BCUT2D eigenvalue weighted by Gasteiger charge is -2.62. The maximum atomic E-state index is 11.8. The monoisotopic (exact) mass is 452 g/mol. The molecule has 6 rings (SSSR count). The van der Waals surface area contributed by atoms with Crippen molar-refractivity contribution in [3.63, 3.8) is 0 Å². The van der Waals surface area contributed by atoms with Crippen molar-refractivity contribution in [3.8, 4) is 12.3 Å². The Labute approximate surface area is 196 Å². The van der Waals surface area contributed by atoms with Crippen LogP contribution in [-0.4, -0.2) is 40.9 Å². The Morgan fingerprint density at radius 1 is 1.12 bits per heavy atom. The van der Waals surface area contributed by atoms with Crippen molar-refractivity contribution < 1.29 is 24.1 Å². The number of aliphatic hydroxyl groups is 2. The largest absolute Gasteiger partial charge is 0.466 e. The van der Waals surface area contributed by atoms with Crippen LogP contribution in [0.2, 0.25) is 0 Å². The molecule has 2 unspecified atom stereocenters. The van der Waals surface area contributed by atoms with Crippen LogP contribution in [0.25, 0.3) is 0 Å². The van der Waals surface area contributed by atoms with E-state index in [1.165, 1.54) is 5.57 Å². The number of hydrogen-bond donors (Lipinski definition) is 2. The van der Waals surface area contributed by atoms with Crippen LogP contribution in [0.3, 0.4) is 0 Å². The van der Waals surface area contributed by atoms with Gasteiger partial charge in [-0.1, -0.05) is 31.4 Å². The molecule has 178 valence electrons. The van der Waals surface area contributed by atoms with E-state index in [9.17, 15) is 10.2 Å². The predicted octanol–water partition coefficient (Wildman–Crippen LogP) is 4.32. The summed E-state index contributed by atoms with van der Waals surface area (Å²) in [5.41, 5.74) is -0.512. The molecule has 8 atom stereocenters. The first-order chi connectivity index (χ1) is 15.6. The number of fused-ring (bicyclic) bond motifs is 5. The smallest absolute Gasteiger partial charge is 0.172 e. The van der Waals surface area contributed by atoms with E-state index in [1.807, 2.05) is 13.0 Å². The van der Waals surface area contributed by atoms with Crippen LogP contribution in [0.15, 0.2) is 28.2 Å². The zero-order chi connectivity index (χ0) is 23.2. The molecule has 5 heteroatoms. The lowest BCUT2D eigenvalue weighted by molar-refractivity contribution is -0.199. The van der Waals surface area contributed by atoms with Gasteiger partial charge in [0.25, 0.3) is 0 Å². The summed E-state index contributed by atoms with van der Waals surface area (Å²) in [6.07, 6.45) is 12.2. The highest BCUT2D eigenvalue weighted by Gasteiger charge is 2.68. The van der Waals surface area contributed by atoms with Gasteiger partial charge in [-0.25, -0.2) is 0 Å². The maximum absolute atomic E-state index is 11.8. The van der Waals surface area contributed by atoms with Gasteiger partial charge in [0.15, 0.2) is 5.79 Å². The molecule has 4 aliphatic carbocycles. The van der Waals surface area contributed by atoms with Crippen LogP contribution in [0.5, 0.6) is 0 Å². The fourth-order valence-corrected chi connectivity index (χ4v) is 8.64.